The van der Waals surface area contributed by atoms with E-state index in [9.17, 15) is 14.7 Å². The Morgan fingerprint density at radius 2 is 2.00 bits per heavy atom. The lowest BCUT2D eigenvalue weighted by atomic mass is 9.48. The third-order valence-corrected chi connectivity index (χ3v) is 7.20. The second-order valence-corrected chi connectivity index (χ2v) is 11.1. The second kappa shape index (κ2) is 10.6. The number of ether oxygens (including phenoxy) is 2. The number of hydrogen-bond acceptors (Lipinski definition) is 7. The minimum atomic E-state index is -0.765. The van der Waals surface area contributed by atoms with Gasteiger partial charge in [-0.3, -0.25) is 4.79 Å². The predicted octanol–water partition coefficient (Wildman–Crippen LogP) is 1.31. The second-order valence-electron chi connectivity index (χ2n) is 11.1. The lowest BCUT2D eigenvalue weighted by molar-refractivity contribution is -0.143. The first-order chi connectivity index (χ1) is 17.0. The predicted molar refractivity (Wildman–Crippen MR) is 141 cm³/mol. The molecule has 0 radical (unpaired) electrons. The van der Waals surface area contributed by atoms with Crippen LogP contribution >= 0.6 is 0 Å². The molecule has 9 nitrogen and oxygen atoms in total. The van der Waals surface area contributed by atoms with Crippen LogP contribution in [0, 0.1) is 18.8 Å². The maximum absolute atomic E-state index is 13.1. The normalized spacial score (nSPS) is 20.9. The monoisotopic (exact) mass is 493 g/mol. The van der Waals surface area contributed by atoms with Crippen molar-refractivity contribution in [3.8, 4) is 17.2 Å². The number of rotatable bonds is 9. The fourth-order valence-corrected chi connectivity index (χ4v) is 5.06. The summed E-state index contributed by atoms with van der Waals surface area (Å²) in [7, 11) is 6.06. The molecular formula is C24H34B3N3O6. The Kier molecular flexibility index (Phi) is 7.71. The van der Waals surface area contributed by atoms with E-state index in [1.807, 2.05) is 35.4 Å². The van der Waals surface area contributed by atoms with Gasteiger partial charge < -0.3 is 24.0 Å². The van der Waals surface area contributed by atoms with E-state index < -0.39 is 5.97 Å². The van der Waals surface area contributed by atoms with Crippen molar-refractivity contribution in [2.24, 2.45) is 11.8 Å². The number of carboxylic acids is 1. The molecule has 12 heteroatoms. The molecule has 1 N–H and O–H groups in total. The Hall–Kier alpha value is -2.91. The van der Waals surface area contributed by atoms with Gasteiger partial charge >= 0.3 is 12.1 Å². The number of carbonyl (C=O) groups is 2. The van der Waals surface area contributed by atoms with Crippen LogP contribution in [0.5, 0.6) is 5.75 Å². The minimum Gasteiger partial charge on any atom is -0.489 e. The summed E-state index contributed by atoms with van der Waals surface area (Å²) in [6.07, 6.45) is 6.25. The Bertz CT molecular complexity index is 1080. The van der Waals surface area contributed by atoms with Gasteiger partial charge in [-0.15, -0.1) is 0 Å². The number of nitrogens with zero attached hydrogens (tertiary/aromatic N) is 3. The van der Waals surface area contributed by atoms with Crippen LogP contribution < -0.4 is 4.74 Å². The van der Waals surface area contributed by atoms with Crippen LogP contribution in [-0.4, -0.2) is 73.1 Å². The number of hydrogen-bond donors (Lipinski definition) is 1. The van der Waals surface area contributed by atoms with Gasteiger partial charge in [0.15, 0.2) is 5.76 Å². The van der Waals surface area contributed by atoms with E-state index in [1.165, 1.54) is 0 Å². The fourth-order valence-electron chi connectivity index (χ4n) is 5.06. The van der Waals surface area contributed by atoms with E-state index in [2.05, 4.69) is 17.1 Å². The number of pyridine rings is 1. The standard InChI is InChI=1S/C24H34B3N3O6/c1-13-19(12-34-23(33)30(24(25,26)27)14(2)15-6-7-15)21(36-29-13)20-9-8-18(11-28-20)35-17-5-3-4-16(10-17)22(31)32/h8-9,11,14-17H,3-7,10,12,25-27H2,1-2H3,(H,31,32)/t14-,16+,17+/m1/s1. The Labute approximate surface area is 214 Å². The summed E-state index contributed by atoms with van der Waals surface area (Å²) in [5, 5.41) is 13.0. The van der Waals surface area contributed by atoms with Gasteiger partial charge in [-0.1, -0.05) is 5.16 Å². The molecule has 3 atom stereocenters. The van der Waals surface area contributed by atoms with Crippen LogP contribution in [0.1, 0.15) is 56.7 Å². The van der Waals surface area contributed by atoms with E-state index in [0.717, 1.165) is 25.7 Å². The molecule has 2 aromatic heterocycles. The SMILES string of the molecule is BC(B)(B)N(C(=O)OCc1c(C)noc1-c1ccc(O[C@H]2CCC[C@H](C(=O)O)C2)cn1)[C@H](C)C1CC1. The molecule has 0 bridgehead atoms. The Morgan fingerprint density at radius 1 is 1.25 bits per heavy atom. The van der Waals surface area contributed by atoms with Gasteiger partial charge in [0.05, 0.1) is 29.5 Å². The largest absolute Gasteiger partial charge is 0.489 e. The molecule has 1 amide bonds. The zero-order valence-corrected chi connectivity index (χ0v) is 21.8. The van der Waals surface area contributed by atoms with E-state index in [1.54, 1.807) is 18.3 Å². The van der Waals surface area contributed by atoms with Crippen LogP contribution in [0.2, 0.25) is 0 Å². The quantitative estimate of drug-likeness (QED) is 0.521. The van der Waals surface area contributed by atoms with E-state index in [-0.39, 0.29) is 36.0 Å². The molecule has 0 aromatic carbocycles. The molecule has 2 aromatic rings. The van der Waals surface area contributed by atoms with E-state index in [4.69, 9.17) is 14.0 Å². The van der Waals surface area contributed by atoms with Gasteiger partial charge in [-0.2, -0.15) is 0 Å². The zero-order chi connectivity index (χ0) is 26.0. The molecule has 36 heavy (non-hydrogen) atoms. The molecule has 0 spiro atoms. The number of aliphatic carboxylic acids is 1. The molecular weight excluding hydrogens is 459 g/mol. The first-order valence-electron chi connectivity index (χ1n) is 12.8. The smallest absolute Gasteiger partial charge is 0.408 e. The number of aromatic nitrogens is 2. The summed E-state index contributed by atoms with van der Waals surface area (Å²) < 4.78 is 17.3. The molecule has 2 fully saturated rings. The first-order valence-corrected chi connectivity index (χ1v) is 12.8. The molecule has 2 aliphatic carbocycles. The fraction of sp³-hybridized carbons (Fsp3) is 0.583. The zero-order valence-electron chi connectivity index (χ0n) is 21.8. The van der Waals surface area contributed by atoms with Crippen molar-refractivity contribution in [1.29, 1.82) is 0 Å². The lowest BCUT2D eigenvalue weighted by Crippen LogP contribution is -2.58. The number of carboxylic acid groups (broad SMARTS) is 1. The van der Waals surface area contributed by atoms with E-state index >= 15 is 0 Å². The summed E-state index contributed by atoms with van der Waals surface area (Å²) in [4.78, 5) is 30.7. The van der Waals surface area contributed by atoms with Gasteiger partial charge in [0.25, 0.3) is 0 Å². The van der Waals surface area contributed by atoms with Crippen molar-refractivity contribution in [2.45, 2.75) is 76.4 Å². The van der Waals surface area contributed by atoms with Crippen molar-refractivity contribution in [3.05, 3.63) is 29.6 Å². The van der Waals surface area contributed by atoms with Crippen LogP contribution in [0.3, 0.4) is 0 Å². The van der Waals surface area contributed by atoms with Gasteiger partial charge in [0.1, 0.15) is 41.6 Å². The first kappa shape index (κ1) is 26.2. The van der Waals surface area contributed by atoms with Crippen LogP contribution in [0.25, 0.3) is 11.5 Å². The summed E-state index contributed by atoms with van der Waals surface area (Å²) >= 11 is 0. The summed E-state index contributed by atoms with van der Waals surface area (Å²) in [5.74, 6) is 0.429. The third kappa shape index (κ3) is 6.07. The highest BCUT2D eigenvalue weighted by Gasteiger charge is 2.40. The van der Waals surface area contributed by atoms with Crippen LogP contribution in [-0.2, 0) is 16.1 Å². The van der Waals surface area contributed by atoms with Crippen molar-refractivity contribution in [2.75, 3.05) is 0 Å². The molecule has 2 aliphatic rings. The topological polar surface area (TPSA) is 115 Å². The maximum Gasteiger partial charge on any atom is 0.408 e. The molecule has 190 valence electrons. The molecule has 4 rings (SSSR count). The summed E-state index contributed by atoms with van der Waals surface area (Å²) in [6, 6.07) is 3.68. The summed E-state index contributed by atoms with van der Waals surface area (Å²) in [5.41, 5.74) is 1.87. The molecule has 0 unspecified atom stereocenters. The Balaban J connectivity index is 1.42. The van der Waals surface area contributed by atoms with E-state index in [0.29, 0.717) is 47.2 Å². The van der Waals surface area contributed by atoms with Crippen molar-refractivity contribution in [1.82, 2.24) is 15.0 Å². The van der Waals surface area contributed by atoms with Crippen molar-refractivity contribution in [3.63, 3.8) is 0 Å². The van der Waals surface area contributed by atoms with Crippen LogP contribution in [0.15, 0.2) is 22.9 Å². The molecule has 2 heterocycles. The third-order valence-electron chi connectivity index (χ3n) is 7.20. The average Bonchev–Trinajstić information content (AvgIpc) is 3.61. The number of amides is 1. The maximum atomic E-state index is 13.1. The lowest BCUT2D eigenvalue weighted by Gasteiger charge is -2.40. The van der Waals surface area contributed by atoms with Crippen molar-refractivity contribution >= 4 is 35.6 Å². The Morgan fingerprint density at radius 3 is 2.61 bits per heavy atom. The van der Waals surface area contributed by atoms with Crippen LogP contribution in [0.4, 0.5) is 4.79 Å². The number of aryl methyl sites for hydroxylation is 1. The van der Waals surface area contributed by atoms with Crippen molar-refractivity contribution < 1.29 is 28.7 Å². The minimum absolute atomic E-state index is 0.0338. The van der Waals surface area contributed by atoms with Gasteiger partial charge in [-0.25, -0.2) is 9.78 Å². The highest BCUT2D eigenvalue weighted by atomic mass is 16.6. The van der Waals surface area contributed by atoms with Gasteiger partial charge in [-0.05, 0) is 75.7 Å². The van der Waals surface area contributed by atoms with Gasteiger partial charge in [0.2, 0.25) is 0 Å². The molecule has 0 aliphatic heterocycles. The average molecular weight is 493 g/mol. The highest BCUT2D eigenvalue weighted by molar-refractivity contribution is 6.59. The highest BCUT2D eigenvalue weighted by Crippen LogP contribution is 2.37. The molecule has 2 saturated carbocycles. The van der Waals surface area contributed by atoms with Gasteiger partial charge in [0, 0.05) is 6.04 Å². The molecule has 0 saturated heterocycles. The summed E-state index contributed by atoms with van der Waals surface area (Å²) in [6.45, 7) is 3.93. The number of carbonyl (C=O) groups excluding carboxylic acids is 1.